The van der Waals surface area contributed by atoms with E-state index in [0.717, 1.165) is 82.9 Å². The van der Waals surface area contributed by atoms with Gasteiger partial charge in [0.05, 0.1) is 6.54 Å². The average Bonchev–Trinajstić information content (AvgIpc) is 3.18. The number of fused-ring (bicyclic) bond motifs is 1. The molecule has 2 amide bonds. The third-order valence-corrected chi connectivity index (χ3v) is 6.48. The third kappa shape index (κ3) is 4.37. The predicted molar refractivity (Wildman–Crippen MR) is 104 cm³/mol. The summed E-state index contributed by atoms with van der Waals surface area (Å²) >= 11 is 0. The molecular formula is C20H32N6O2. The van der Waals surface area contributed by atoms with Crippen LogP contribution in [0, 0.1) is 5.92 Å². The molecule has 1 aromatic heterocycles. The van der Waals surface area contributed by atoms with E-state index in [4.69, 9.17) is 0 Å². The standard InChI is InChI=1S/C20H32N6O2/c27-18(6-9-22-20(28)16-4-2-1-3-5-16)25-11-7-15(8-12-25)19-24-23-17-14-21-10-13-26(17)19/h15-16,21H,1-14H2,(H,22,28). The lowest BCUT2D eigenvalue weighted by Crippen LogP contribution is -2.41. The number of nitrogens with zero attached hydrogens (tertiary/aromatic N) is 4. The zero-order chi connectivity index (χ0) is 19.3. The minimum absolute atomic E-state index is 0.136. The molecule has 1 saturated heterocycles. The molecule has 0 unspecified atom stereocenters. The van der Waals surface area contributed by atoms with Crippen LogP contribution in [0.15, 0.2) is 0 Å². The SMILES string of the molecule is O=C(NCCC(=O)N1CCC(c2nnc3n2CCNC3)CC1)C1CCCCC1. The fourth-order valence-electron chi connectivity index (χ4n) is 4.76. The molecule has 1 saturated carbocycles. The normalized spacial score (nSPS) is 21.4. The van der Waals surface area contributed by atoms with Crippen LogP contribution in [0.4, 0.5) is 0 Å². The van der Waals surface area contributed by atoms with Crippen LogP contribution >= 0.6 is 0 Å². The van der Waals surface area contributed by atoms with Crippen LogP contribution in [0.1, 0.15) is 68.9 Å². The van der Waals surface area contributed by atoms with Crippen molar-refractivity contribution >= 4 is 11.8 Å². The Hall–Kier alpha value is -1.96. The van der Waals surface area contributed by atoms with E-state index in [0.29, 0.717) is 18.9 Å². The second-order valence-electron chi connectivity index (χ2n) is 8.33. The Balaban J connectivity index is 1.20. The summed E-state index contributed by atoms with van der Waals surface area (Å²) in [6.45, 7) is 4.66. The molecule has 0 spiro atoms. The van der Waals surface area contributed by atoms with Gasteiger partial charge in [-0.1, -0.05) is 19.3 Å². The summed E-state index contributed by atoms with van der Waals surface area (Å²) in [4.78, 5) is 26.6. The van der Waals surface area contributed by atoms with E-state index in [-0.39, 0.29) is 17.7 Å². The van der Waals surface area contributed by atoms with Crippen LogP contribution in [-0.2, 0) is 22.7 Å². The first-order chi connectivity index (χ1) is 13.7. The first kappa shape index (κ1) is 19.4. The molecule has 1 aliphatic carbocycles. The highest BCUT2D eigenvalue weighted by molar-refractivity contribution is 5.80. The number of piperidine rings is 1. The molecule has 2 fully saturated rings. The Kier molecular flexibility index (Phi) is 6.24. The molecule has 1 aromatic rings. The summed E-state index contributed by atoms with van der Waals surface area (Å²) in [6.07, 6.45) is 7.81. The van der Waals surface area contributed by atoms with Crippen LogP contribution in [0.5, 0.6) is 0 Å². The van der Waals surface area contributed by atoms with E-state index in [1.165, 1.54) is 6.42 Å². The van der Waals surface area contributed by atoms with Gasteiger partial charge in [-0.15, -0.1) is 10.2 Å². The van der Waals surface area contributed by atoms with Gasteiger partial charge >= 0.3 is 0 Å². The zero-order valence-electron chi connectivity index (χ0n) is 16.7. The maximum atomic E-state index is 12.5. The summed E-state index contributed by atoms with van der Waals surface area (Å²) in [6, 6.07) is 0. The molecule has 0 atom stereocenters. The number of carbonyl (C=O) groups is 2. The molecule has 28 heavy (non-hydrogen) atoms. The Labute approximate surface area is 166 Å². The Morgan fingerprint density at radius 1 is 1.04 bits per heavy atom. The fourth-order valence-corrected chi connectivity index (χ4v) is 4.76. The van der Waals surface area contributed by atoms with Gasteiger partial charge in [0.2, 0.25) is 11.8 Å². The summed E-state index contributed by atoms with van der Waals surface area (Å²) < 4.78 is 2.25. The van der Waals surface area contributed by atoms with E-state index in [1.54, 1.807) is 0 Å². The first-order valence-electron chi connectivity index (χ1n) is 10.9. The predicted octanol–water partition coefficient (Wildman–Crippen LogP) is 1.17. The van der Waals surface area contributed by atoms with Gasteiger partial charge in [-0.25, -0.2) is 0 Å². The van der Waals surface area contributed by atoms with Crippen molar-refractivity contribution in [1.29, 1.82) is 0 Å². The van der Waals surface area contributed by atoms with E-state index >= 15 is 0 Å². The molecule has 3 heterocycles. The van der Waals surface area contributed by atoms with Crippen molar-refractivity contribution in [2.45, 2.75) is 70.4 Å². The van der Waals surface area contributed by atoms with Gasteiger partial charge in [-0.3, -0.25) is 9.59 Å². The van der Waals surface area contributed by atoms with Gasteiger partial charge in [0.15, 0.2) is 0 Å². The topological polar surface area (TPSA) is 92.2 Å². The lowest BCUT2D eigenvalue weighted by atomic mass is 9.89. The van der Waals surface area contributed by atoms with Crippen molar-refractivity contribution in [3.63, 3.8) is 0 Å². The van der Waals surface area contributed by atoms with E-state index < -0.39 is 0 Å². The molecule has 2 aliphatic heterocycles. The van der Waals surface area contributed by atoms with Crippen LogP contribution in [0.25, 0.3) is 0 Å². The summed E-state index contributed by atoms with van der Waals surface area (Å²) in [7, 11) is 0. The third-order valence-electron chi connectivity index (χ3n) is 6.48. The molecular weight excluding hydrogens is 356 g/mol. The smallest absolute Gasteiger partial charge is 0.224 e. The molecule has 0 bridgehead atoms. The number of likely N-dealkylation sites (tertiary alicyclic amines) is 1. The average molecular weight is 389 g/mol. The lowest BCUT2D eigenvalue weighted by Gasteiger charge is -2.32. The monoisotopic (exact) mass is 388 g/mol. The van der Waals surface area contributed by atoms with Crippen molar-refractivity contribution < 1.29 is 9.59 Å². The number of hydrogen-bond acceptors (Lipinski definition) is 5. The van der Waals surface area contributed by atoms with Crippen molar-refractivity contribution in [3.05, 3.63) is 11.6 Å². The molecule has 2 N–H and O–H groups in total. The molecule has 0 radical (unpaired) electrons. The number of carbonyl (C=O) groups excluding carboxylic acids is 2. The van der Waals surface area contributed by atoms with Gasteiger partial charge in [-0.2, -0.15) is 0 Å². The van der Waals surface area contributed by atoms with Crippen LogP contribution in [0.2, 0.25) is 0 Å². The second kappa shape index (κ2) is 9.03. The van der Waals surface area contributed by atoms with Gasteiger partial charge in [0.1, 0.15) is 11.6 Å². The molecule has 8 heteroatoms. The van der Waals surface area contributed by atoms with E-state index in [9.17, 15) is 9.59 Å². The van der Waals surface area contributed by atoms with Gasteiger partial charge in [0, 0.05) is 51.0 Å². The quantitative estimate of drug-likeness (QED) is 0.790. The van der Waals surface area contributed by atoms with Crippen LogP contribution in [0.3, 0.4) is 0 Å². The van der Waals surface area contributed by atoms with E-state index in [2.05, 4.69) is 25.4 Å². The number of nitrogens with one attached hydrogen (secondary N) is 2. The minimum atomic E-state index is 0.136. The molecule has 3 aliphatic rings. The molecule has 0 aromatic carbocycles. The minimum Gasteiger partial charge on any atom is -0.355 e. The Morgan fingerprint density at radius 3 is 2.61 bits per heavy atom. The van der Waals surface area contributed by atoms with Gasteiger partial charge in [-0.05, 0) is 25.7 Å². The Bertz CT molecular complexity index is 689. The highest BCUT2D eigenvalue weighted by Crippen LogP contribution is 2.28. The van der Waals surface area contributed by atoms with Crippen molar-refractivity contribution in [3.8, 4) is 0 Å². The maximum Gasteiger partial charge on any atom is 0.224 e. The van der Waals surface area contributed by atoms with E-state index in [1.807, 2.05) is 4.90 Å². The first-order valence-corrected chi connectivity index (χ1v) is 10.9. The maximum absolute atomic E-state index is 12.5. The van der Waals surface area contributed by atoms with Crippen LogP contribution in [-0.4, -0.2) is 57.7 Å². The molecule has 8 nitrogen and oxygen atoms in total. The molecule has 4 rings (SSSR count). The molecule has 154 valence electrons. The summed E-state index contributed by atoms with van der Waals surface area (Å²) in [5.74, 6) is 2.93. The van der Waals surface area contributed by atoms with Crippen molar-refractivity contribution in [2.24, 2.45) is 5.92 Å². The van der Waals surface area contributed by atoms with Gasteiger partial charge < -0.3 is 20.1 Å². The fraction of sp³-hybridized carbons (Fsp3) is 0.800. The Morgan fingerprint density at radius 2 is 1.82 bits per heavy atom. The van der Waals surface area contributed by atoms with Crippen molar-refractivity contribution in [1.82, 2.24) is 30.3 Å². The highest BCUT2D eigenvalue weighted by Gasteiger charge is 2.29. The zero-order valence-corrected chi connectivity index (χ0v) is 16.7. The summed E-state index contributed by atoms with van der Waals surface area (Å²) in [5.41, 5.74) is 0. The van der Waals surface area contributed by atoms with Crippen LogP contribution < -0.4 is 10.6 Å². The highest BCUT2D eigenvalue weighted by atomic mass is 16.2. The number of aromatic nitrogens is 3. The number of amides is 2. The summed E-state index contributed by atoms with van der Waals surface area (Å²) in [5, 5.41) is 15.0. The number of hydrogen-bond donors (Lipinski definition) is 2. The largest absolute Gasteiger partial charge is 0.355 e. The number of rotatable bonds is 5. The van der Waals surface area contributed by atoms with Crippen molar-refractivity contribution in [2.75, 3.05) is 26.2 Å². The lowest BCUT2D eigenvalue weighted by molar-refractivity contribution is -0.132. The second-order valence-corrected chi connectivity index (χ2v) is 8.33. The van der Waals surface area contributed by atoms with Gasteiger partial charge in [0.25, 0.3) is 0 Å².